The summed E-state index contributed by atoms with van der Waals surface area (Å²) in [6.45, 7) is 3.95. The molecule has 1 fully saturated rings. The van der Waals surface area contributed by atoms with Crippen LogP contribution in [-0.2, 0) is 4.74 Å². The summed E-state index contributed by atoms with van der Waals surface area (Å²) < 4.78 is 5.50. The summed E-state index contributed by atoms with van der Waals surface area (Å²) in [5.41, 5.74) is 6.52. The van der Waals surface area contributed by atoms with E-state index in [9.17, 15) is 4.79 Å². The van der Waals surface area contributed by atoms with Gasteiger partial charge in [-0.3, -0.25) is 4.79 Å². The Morgan fingerprint density at radius 2 is 2.47 bits per heavy atom. The van der Waals surface area contributed by atoms with Gasteiger partial charge in [-0.25, -0.2) is 4.98 Å². The second-order valence-corrected chi connectivity index (χ2v) is 4.23. The van der Waals surface area contributed by atoms with Crippen LogP contribution in [0, 0.1) is 0 Å². The quantitative estimate of drug-likeness (QED) is 0.785. The molecule has 2 heterocycles. The maximum atomic E-state index is 12.2. The number of pyridine rings is 1. The molecule has 1 aromatic heterocycles. The van der Waals surface area contributed by atoms with Crippen molar-refractivity contribution in [2.24, 2.45) is 0 Å². The van der Waals surface area contributed by atoms with E-state index in [1.165, 1.54) is 0 Å². The van der Waals surface area contributed by atoms with Gasteiger partial charge in [0, 0.05) is 25.9 Å². The Bertz CT molecular complexity index is 408. The molecule has 1 aliphatic heterocycles. The Morgan fingerprint density at radius 1 is 1.65 bits per heavy atom. The zero-order valence-electron chi connectivity index (χ0n) is 9.93. The number of anilines is 1. The number of ether oxygens (including phenoxy) is 1. The third-order valence-electron chi connectivity index (χ3n) is 2.78. The number of rotatable bonds is 1. The monoisotopic (exact) mass is 235 g/mol. The average molecular weight is 235 g/mol. The lowest BCUT2D eigenvalue weighted by Gasteiger charge is -2.22. The number of hydrogen-bond donors (Lipinski definition) is 1. The van der Waals surface area contributed by atoms with Gasteiger partial charge in [-0.1, -0.05) is 0 Å². The zero-order chi connectivity index (χ0) is 12.3. The molecule has 0 saturated carbocycles. The second-order valence-electron chi connectivity index (χ2n) is 4.23. The van der Waals surface area contributed by atoms with Crippen LogP contribution in [0.15, 0.2) is 18.3 Å². The molecule has 0 radical (unpaired) electrons. The van der Waals surface area contributed by atoms with Crippen LogP contribution in [0.3, 0.4) is 0 Å². The summed E-state index contributed by atoms with van der Waals surface area (Å²) in [5.74, 6) is -0.111. The highest BCUT2D eigenvalue weighted by molar-refractivity contribution is 5.97. The Labute approximate surface area is 101 Å². The van der Waals surface area contributed by atoms with E-state index in [-0.39, 0.29) is 12.0 Å². The molecule has 1 aliphatic rings. The molecular weight excluding hydrogens is 218 g/mol. The van der Waals surface area contributed by atoms with Crippen molar-refractivity contribution in [2.45, 2.75) is 19.4 Å². The van der Waals surface area contributed by atoms with Crippen LogP contribution in [0.4, 0.5) is 5.69 Å². The summed E-state index contributed by atoms with van der Waals surface area (Å²) in [4.78, 5) is 18.1. The Morgan fingerprint density at radius 3 is 3.24 bits per heavy atom. The molecule has 2 N–H and O–H groups in total. The lowest BCUT2D eigenvalue weighted by Crippen LogP contribution is -2.36. The van der Waals surface area contributed by atoms with Crippen LogP contribution in [0.2, 0.25) is 0 Å². The van der Waals surface area contributed by atoms with Gasteiger partial charge in [-0.2, -0.15) is 0 Å². The van der Waals surface area contributed by atoms with Crippen molar-refractivity contribution in [3.8, 4) is 0 Å². The zero-order valence-corrected chi connectivity index (χ0v) is 9.93. The van der Waals surface area contributed by atoms with E-state index in [2.05, 4.69) is 4.98 Å². The van der Waals surface area contributed by atoms with Crippen molar-refractivity contribution >= 4 is 11.6 Å². The van der Waals surface area contributed by atoms with Crippen molar-refractivity contribution < 1.29 is 9.53 Å². The summed E-state index contributed by atoms with van der Waals surface area (Å²) >= 11 is 0. The number of amides is 1. The SMILES string of the molecule is CC1CN(C(=O)c2ncccc2N)CCCO1. The molecule has 2 rings (SSSR count). The Kier molecular flexibility index (Phi) is 3.58. The number of nitrogens with two attached hydrogens (primary N) is 1. The largest absolute Gasteiger partial charge is 0.397 e. The molecule has 0 aliphatic carbocycles. The minimum Gasteiger partial charge on any atom is -0.397 e. The van der Waals surface area contributed by atoms with Gasteiger partial charge in [-0.05, 0) is 25.5 Å². The van der Waals surface area contributed by atoms with E-state index in [0.717, 1.165) is 6.42 Å². The normalized spacial score (nSPS) is 21.0. The summed E-state index contributed by atoms with van der Waals surface area (Å²) in [6, 6.07) is 3.41. The number of aromatic nitrogens is 1. The van der Waals surface area contributed by atoms with Gasteiger partial charge >= 0.3 is 0 Å². The molecule has 1 atom stereocenters. The maximum Gasteiger partial charge on any atom is 0.274 e. The lowest BCUT2D eigenvalue weighted by atomic mass is 10.2. The van der Waals surface area contributed by atoms with E-state index >= 15 is 0 Å². The first-order chi connectivity index (χ1) is 8.18. The summed E-state index contributed by atoms with van der Waals surface area (Å²) in [6.07, 6.45) is 2.50. The van der Waals surface area contributed by atoms with E-state index in [4.69, 9.17) is 10.5 Å². The van der Waals surface area contributed by atoms with Gasteiger partial charge in [0.25, 0.3) is 5.91 Å². The van der Waals surface area contributed by atoms with Crippen molar-refractivity contribution in [2.75, 3.05) is 25.4 Å². The fourth-order valence-corrected chi connectivity index (χ4v) is 1.92. The molecule has 1 saturated heterocycles. The number of nitrogens with zero attached hydrogens (tertiary/aromatic N) is 2. The molecule has 5 heteroatoms. The molecule has 92 valence electrons. The summed E-state index contributed by atoms with van der Waals surface area (Å²) in [7, 11) is 0. The first-order valence-corrected chi connectivity index (χ1v) is 5.80. The van der Waals surface area contributed by atoms with Gasteiger partial charge in [0.05, 0.1) is 11.8 Å². The topological polar surface area (TPSA) is 68.5 Å². The number of hydrogen-bond acceptors (Lipinski definition) is 4. The van der Waals surface area contributed by atoms with Crippen LogP contribution >= 0.6 is 0 Å². The number of carbonyl (C=O) groups is 1. The lowest BCUT2D eigenvalue weighted by molar-refractivity contribution is 0.0560. The smallest absolute Gasteiger partial charge is 0.274 e. The fraction of sp³-hybridized carbons (Fsp3) is 0.500. The van der Waals surface area contributed by atoms with Crippen molar-refractivity contribution in [3.05, 3.63) is 24.0 Å². The van der Waals surface area contributed by atoms with E-state index < -0.39 is 0 Å². The van der Waals surface area contributed by atoms with Gasteiger partial charge in [0.15, 0.2) is 5.69 Å². The van der Waals surface area contributed by atoms with Crippen molar-refractivity contribution in [1.82, 2.24) is 9.88 Å². The highest BCUT2D eigenvalue weighted by Gasteiger charge is 2.23. The number of carbonyl (C=O) groups excluding carboxylic acids is 1. The molecule has 17 heavy (non-hydrogen) atoms. The minimum atomic E-state index is -0.111. The predicted molar refractivity (Wildman–Crippen MR) is 64.6 cm³/mol. The van der Waals surface area contributed by atoms with Gasteiger partial charge in [0.2, 0.25) is 0 Å². The first-order valence-electron chi connectivity index (χ1n) is 5.80. The van der Waals surface area contributed by atoms with Gasteiger partial charge in [0.1, 0.15) is 0 Å². The third kappa shape index (κ3) is 2.74. The van der Waals surface area contributed by atoms with Gasteiger partial charge < -0.3 is 15.4 Å². The molecule has 1 amide bonds. The van der Waals surface area contributed by atoms with Crippen LogP contribution in [0.25, 0.3) is 0 Å². The molecule has 5 nitrogen and oxygen atoms in total. The fourth-order valence-electron chi connectivity index (χ4n) is 1.92. The van der Waals surface area contributed by atoms with E-state index in [1.54, 1.807) is 23.2 Å². The maximum absolute atomic E-state index is 12.2. The molecule has 1 aromatic rings. The van der Waals surface area contributed by atoms with Crippen LogP contribution < -0.4 is 5.73 Å². The van der Waals surface area contributed by atoms with Crippen molar-refractivity contribution in [1.29, 1.82) is 0 Å². The third-order valence-corrected chi connectivity index (χ3v) is 2.78. The Hall–Kier alpha value is -1.62. The van der Waals surface area contributed by atoms with Crippen molar-refractivity contribution in [3.63, 3.8) is 0 Å². The first kappa shape index (κ1) is 11.9. The van der Waals surface area contributed by atoms with Crippen LogP contribution in [0.1, 0.15) is 23.8 Å². The molecule has 1 unspecified atom stereocenters. The Balaban J connectivity index is 2.16. The number of nitrogen functional groups attached to an aromatic ring is 1. The minimum absolute atomic E-state index is 0.0615. The second kappa shape index (κ2) is 5.14. The standard InChI is InChI=1S/C12H17N3O2/c1-9-8-15(6-3-7-17-9)12(16)11-10(13)4-2-5-14-11/h2,4-5,9H,3,6-8,13H2,1H3. The summed E-state index contributed by atoms with van der Waals surface area (Å²) in [5, 5.41) is 0. The molecular formula is C12H17N3O2. The molecule has 0 bridgehead atoms. The van der Waals surface area contributed by atoms with Crippen LogP contribution in [0.5, 0.6) is 0 Å². The molecule has 0 aromatic carbocycles. The average Bonchev–Trinajstić information content (AvgIpc) is 2.54. The highest BCUT2D eigenvalue weighted by atomic mass is 16.5. The van der Waals surface area contributed by atoms with Gasteiger partial charge in [-0.15, -0.1) is 0 Å². The van der Waals surface area contributed by atoms with E-state index in [1.807, 2.05) is 6.92 Å². The highest BCUT2D eigenvalue weighted by Crippen LogP contribution is 2.13. The van der Waals surface area contributed by atoms with E-state index in [0.29, 0.717) is 31.1 Å². The van der Waals surface area contributed by atoms with Crippen LogP contribution in [-0.4, -0.2) is 41.6 Å². The molecule has 0 spiro atoms. The predicted octanol–water partition coefficient (Wildman–Crippen LogP) is 0.915.